The van der Waals surface area contributed by atoms with E-state index < -0.39 is 0 Å². The van der Waals surface area contributed by atoms with E-state index in [1.54, 1.807) is 19.1 Å². The maximum absolute atomic E-state index is 11.8. The number of carbonyl (C=O) groups excluding carboxylic acids is 1. The number of hydrogen-bond acceptors (Lipinski definition) is 4. The molecule has 32 heavy (non-hydrogen) atoms. The highest BCUT2D eigenvalue weighted by molar-refractivity contribution is 5.90. The van der Waals surface area contributed by atoms with Crippen molar-refractivity contribution in [3.05, 3.63) is 87.5 Å². The lowest BCUT2D eigenvalue weighted by Crippen LogP contribution is -2.46. The number of nitrogens with zero attached hydrogens (tertiary/aromatic N) is 2. The van der Waals surface area contributed by atoms with Crippen LogP contribution >= 0.6 is 0 Å². The number of nitro groups is 1. The molecule has 0 fully saturated rings. The average Bonchev–Trinajstić information content (AvgIpc) is 3.43. The van der Waals surface area contributed by atoms with Gasteiger partial charge >= 0.3 is 0 Å². The van der Waals surface area contributed by atoms with Crippen LogP contribution in [0, 0.1) is 22.0 Å². The lowest BCUT2D eigenvalue weighted by atomic mass is 9.70. The molecule has 6 nitrogen and oxygen atoms in total. The minimum absolute atomic E-state index is 0.0628. The van der Waals surface area contributed by atoms with E-state index in [1.807, 2.05) is 12.1 Å². The summed E-state index contributed by atoms with van der Waals surface area (Å²) in [4.78, 5) is 25.5. The third-order valence-corrected chi connectivity index (χ3v) is 7.59. The van der Waals surface area contributed by atoms with Crippen molar-refractivity contribution in [2.75, 3.05) is 16.8 Å². The fourth-order valence-corrected chi connectivity index (χ4v) is 6.45. The standard InChI is InChI=1S/C26H25N3O3/c1-15(30)27-18-12-23-20-8-3-6-17(20)14-28-25(16-5-2-7-19(11-16)29(31)32)22-10-4-9-21(22)24(13-18)26(23)28/h2-5,7-9,11-13,17,20-22,25H,6,10,14H2,1H3,(H,27,30). The number of nitrogens with one attached hydrogen (secondary N) is 1. The van der Waals surface area contributed by atoms with E-state index in [0.717, 1.165) is 30.6 Å². The first-order chi connectivity index (χ1) is 15.5. The summed E-state index contributed by atoms with van der Waals surface area (Å²) < 4.78 is 0. The highest BCUT2D eigenvalue weighted by Gasteiger charge is 2.48. The summed E-state index contributed by atoms with van der Waals surface area (Å²) in [7, 11) is 0. The Morgan fingerprint density at radius 2 is 1.84 bits per heavy atom. The van der Waals surface area contributed by atoms with Crippen LogP contribution in [0.25, 0.3) is 0 Å². The number of anilines is 2. The molecule has 5 atom stereocenters. The second-order valence-corrected chi connectivity index (χ2v) is 9.44. The summed E-state index contributed by atoms with van der Waals surface area (Å²) in [6, 6.07) is 11.6. The Bertz CT molecular complexity index is 1180. The third kappa shape index (κ3) is 2.82. The van der Waals surface area contributed by atoms with Crippen molar-refractivity contribution in [2.24, 2.45) is 11.8 Å². The van der Waals surface area contributed by atoms with Gasteiger partial charge in [-0.3, -0.25) is 14.9 Å². The van der Waals surface area contributed by atoms with E-state index >= 15 is 0 Å². The van der Waals surface area contributed by atoms with Gasteiger partial charge in [-0.15, -0.1) is 0 Å². The molecule has 0 saturated heterocycles. The van der Waals surface area contributed by atoms with Gasteiger partial charge in [0.25, 0.3) is 5.69 Å². The number of carbonyl (C=O) groups is 1. The van der Waals surface area contributed by atoms with Crippen LogP contribution in [0.4, 0.5) is 17.1 Å². The van der Waals surface area contributed by atoms with Crippen molar-refractivity contribution in [1.29, 1.82) is 0 Å². The second-order valence-electron chi connectivity index (χ2n) is 9.44. The van der Waals surface area contributed by atoms with Gasteiger partial charge in [0, 0.05) is 48.8 Å². The monoisotopic (exact) mass is 427 g/mol. The molecule has 2 heterocycles. The topological polar surface area (TPSA) is 75.5 Å². The first-order valence-electron chi connectivity index (χ1n) is 11.3. The molecule has 0 radical (unpaired) electrons. The molecule has 5 unspecified atom stereocenters. The Hall–Kier alpha value is -3.41. The van der Waals surface area contributed by atoms with Gasteiger partial charge in [-0.1, -0.05) is 36.4 Å². The zero-order valence-corrected chi connectivity index (χ0v) is 17.9. The Kier molecular flexibility index (Phi) is 4.25. The van der Waals surface area contributed by atoms with Gasteiger partial charge in [0.15, 0.2) is 0 Å². The maximum Gasteiger partial charge on any atom is 0.269 e. The Balaban J connectivity index is 1.56. The summed E-state index contributed by atoms with van der Waals surface area (Å²) in [6.45, 7) is 2.49. The summed E-state index contributed by atoms with van der Waals surface area (Å²) in [5.74, 6) is 1.32. The number of amides is 1. The van der Waals surface area contributed by atoms with E-state index in [-0.39, 0.29) is 28.5 Å². The van der Waals surface area contributed by atoms with Crippen LogP contribution in [0.3, 0.4) is 0 Å². The summed E-state index contributed by atoms with van der Waals surface area (Å²) in [6.07, 6.45) is 11.1. The van der Waals surface area contributed by atoms with Crippen molar-refractivity contribution >= 4 is 23.0 Å². The molecule has 0 bridgehead atoms. The zero-order chi connectivity index (χ0) is 22.0. The first-order valence-corrected chi connectivity index (χ1v) is 11.3. The number of non-ortho nitro benzene ring substituents is 1. The average molecular weight is 428 g/mol. The molecule has 0 aromatic heterocycles. The predicted molar refractivity (Wildman–Crippen MR) is 124 cm³/mol. The van der Waals surface area contributed by atoms with Crippen molar-refractivity contribution in [1.82, 2.24) is 0 Å². The highest BCUT2D eigenvalue weighted by Crippen LogP contribution is 2.59. The lowest BCUT2D eigenvalue weighted by molar-refractivity contribution is -0.384. The molecule has 4 aliphatic rings. The normalized spacial score (nSPS) is 28.8. The highest BCUT2D eigenvalue weighted by atomic mass is 16.6. The van der Waals surface area contributed by atoms with Gasteiger partial charge in [0.05, 0.1) is 11.0 Å². The third-order valence-electron chi connectivity index (χ3n) is 7.59. The number of rotatable bonds is 3. The van der Waals surface area contributed by atoms with Crippen molar-refractivity contribution < 1.29 is 9.72 Å². The Morgan fingerprint density at radius 1 is 1.09 bits per heavy atom. The number of nitro benzene ring substituents is 1. The summed E-state index contributed by atoms with van der Waals surface area (Å²) >= 11 is 0. The SMILES string of the molecule is CC(=O)Nc1cc2c3c(c1)C1C=CCC1C(c1cccc([N+](=O)[O-])c1)N3CC1CC=CC21. The number of hydrogen-bond donors (Lipinski definition) is 1. The molecule has 2 aliphatic heterocycles. The van der Waals surface area contributed by atoms with Gasteiger partial charge in [0.2, 0.25) is 5.91 Å². The quantitative estimate of drug-likeness (QED) is 0.402. The molecule has 162 valence electrons. The molecular weight excluding hydrogens is 402 g/mol. The van der Waals surface area contributed by atoms with Crippen LogP contribution in [0.2, 0.25) is 0 Å². The molecule has 6 heteroatoms. The van der Waals surface area contributed by atoms with Crippen LogP contribution in [0.5, 0.6) is 0 Å². The van der Waals surface area contributed by atoms with E-state index in [4.69, 9.17) is 0 Å². The minimum Gasteiger partial charge on any atom is -0.363 e. The predicted octanol–water partition coefficient (Wildman–Crippen LogP) is 5.45. The van der Waals surface area contributed by atoms with E-state index in [1.165, 1.54) is 16.8 Å². The van der Waals surface area contributed by atoms with Gasteiger partial charge in [-0.25, -0.2) is 0 Å². The van der Waals surface area contributed by atoms with Crippen LogP contribution in [0.15, 0.2) is 60.7 Å². The van der Waals surface area contributed by atoms with E-state index in [9.17, 15) is 14.9 Å². The molecule has 1 N–H and O–H groups in total. The van der Waals surface area contributed by atoms with Crippen LogP contribution < -0.4 is 10.2 Å². The van der Waals surface area contributed by atoms with Crippen LogP contribution in [-0.2, 0) is 4.79 Å². The van der Waals surface area contributed by atoms with Crippen molar-refractivity contribution in [3.8, 4) is 0 Å². The van der Waals surface area contributed by atoms with Gasteiger partial charge in [-0.2, -0.15) is 0 Å². The molecule has 0 saturated carbocycles. The van der Waals surface area contributed by atoms with Crippen LogP contribution in [0.1, 0.15) is 54.3 Å². The number of fused-ring (bicyclic) bond motifs is 4. The van der Waals surface area contributed by atoms with Crippen molar-refractivity contribution in [2.45, 2.75) is 37.6 Å². The van der Waals surface area contributed by atoms with Gasteiger partial charge < -0.3 is 10.2 Å². The molecule has 1 amide bonds. The van der Waals surface area contributed by atoms with E-state index in [2.05, 4.69) is 46.7 Å². The van der Waals surface area contributed by atoms with Crippen LogP contribution in [-0.4, -0.2) is 17.4 Å². The lowest BCUT2D eigenvalue weighted by Gasteiger charge is -2.51. The Morgan fingerprint density at radius 3 is 2.62 bits per heavy atom. The fraction of sp³-hybridized carbons (Fsp3) is 0.346. The summed E-state index contributed by atoms with van der Waals surface area (Å²) in [5.41, 5.74) is 5.83. The number of allylic oxidation sites excluding steroid dienone is 4. The Labute approximate surface area is 186 Å². The smallest absolute Gasteiger partial charge is 0.269 e. The molecule has 2 aromatic rings. The maximum atomic E-state index is 11.8. The number of benzene rings is 2. The zero-order valence-electron chi connectivity index (χ0n) is 17.9. The molecule has 2 aliphatic carbocycles. The van der Waals surface area contributed by atoms with E-state index in [0.29, 0.717) is 17.8 Å². The van der Waals surface area contributed by atoms with Gasteiger partial charge in [-0.05, 0) is 53.5 Å². The van der Waals surface area contributed by atoms with Gasteiger partial charge in [0.1, 0.15) is 0 Å². The first kappa shape index (κ1) is 19.3. The summed E-state index contributed by atoms with van der Waals surface area (Å²) in [5, 5.41) is 14.5. The molecule has 6 rings (SSSR count). The molecular formula is C26H25N3O3. The second kappa shape index (κ2) is 7.05. The molecule has 2 aromatic carbocycles. The largest absolute Gasteiger partial charge is 0.363 e. The minimum atomic E-state index is -0.303. The molecule has 0 spiro atoms. The fourth-order valence-electron chi connectivity index (χ4n) is 6.45. The van der Waals surface area contributed by atoms with Crippen molar-refractivity contribution in [3.63, 3.8) is 0 Å².